The molecule has 0 heterocycles. The zero-order valence-electron chi connectivity index (χ0n) is 11.4. The average Bonchev–Trinajstić information content (AvgIpc) is 2.81. The van der Waals surface area contributed by atoms with Gasteiger partial charge in [-0.2, -0.15) is 0 Å². The van der Waals surface area contributed by atoms with Gasteiger partial charge in [0.05, 0.1) is 5.60 Å². The topological polar surface area (TPSA) is 41.5 Å². The Morgan fingerprint density at radius 1 is 1.32 bits per heavy atom. The molecule has 0 spiro atoms. The molecule has 0 saturated heterocycles. The SMILES string of the molecule is CCNCc1cc(F)cc(OCC2(O)CCCC2)c1. The minimum absolute atomic E-state index is 0.247. The van der Waals surface area contributed by atoms with Crippen molar-refractivity contribution < 1.29 is 14.2 Å². The molecule has 1 aliphatic carbocycles. The molecule has 0 amide bonds. The first-order valence-corrected chi connectivity index (χ1v) is 6.97. The Morgan fingerprint density at radius 2 is 2.05 bits per heavy atom. The molecule has 0 atom stereocenters. The monoisotopic (exact) mass is 267 g/mol. The van der Waals surface area contributed by atoms with E-state index in [-0.39, 0.29) is 12.4 Å². The molecular formula is C15H22FNO2. The number of hydrogen-bond donors (Lipinski definition) is 2. The standard InChI is InChI=1S/C15H22FNO2/c1-2-17-10-12-7-13(16)9-14(8-12)19-11-15(18)5-3-4-6-15/h7-9,17-18H,2-6,10-11H2,1H3. The van der Waals surface area contributed by atoms with E-state index in [0.717, 1.165) is 37.8 Å². The summed E-state index contributed by atoms with van der Waals surface area (Å²) in [6, 6.07) is 4.69. The Hall–Kier alpha value is -1.13. The number of aliphatic hydroxyl groups is 1. The summed E-state index contributed by atoms with van der Waals surface area (Å²) in [6.07, 6.45) is 3.61. The van der Waals surface area contributed by atoms with E-state index in [1.165, 1.54) is 12.1 Å². The Bertz CT molecular complexity index is 417. The van der Waals surface area contributed by atoms with Crippen molar-refractivity contribution in [2.45, 2.75) is 44.8 Å². The summed E-state index contributed by atoms with van der Waals surface area (Å²) in [7, 11) is 0. The van der Waals surface area contributed by atoms with Gasteiger partial charge in [0.1, 0.15) is 18.2 Å². The number of benzene rings is 1. The second-order valence-electron chi connectivity index (χ2n) is 5.30. The quantitative estimate of drug-likeness (QED) is 0.832. The molecule has 19 heavy (non-hydrogen) atoms. The van der Waals surface area contributed by atoms with E-state index in [9.17, 15) is 9.50 Å². The summed E-state index contributed by atoms with van der Waals surface area (Å²) in [5.74, 6) is 0.192. The van der Waals surface area contributed by atoms with Crippen LogP contribution in [0.3, 0.4) is 0 Å². The zero-order valence-corrected chi connectivity index (χ0v) is 11.4. The van der Waals surface area contributed by atoms with Crippen LogP contribution in [0.15, 0.2) is 18.2 Å². The van der Waals surface area contributed by atoms with Gasteiger partial charge < -0.3 is 15.2 Å². The van der Waals surface area contributed by atoms with E-state index in [1.54, 1.807) is 0 Å². The van der Waals surface area contributed by atoms with Crippen LogP contribution in [-0.4, -0.2) is 23.9 Å². The van der Waals surface area contributed by atoms with Gasteiger partial charge >= 0.3 is 0 Å². The fourth-order valence-electron chi connectivity index (χ4n) is 2.47. The Labute approximate surface area is 113 Å². The van der Waals surface area contributed by atoms with Crippen LogP contribution in [0.4, 0.5) is 4.39 Å². The van der Waals surface area contributed by atoms with Crippen molar-refractivity contribution >= 4 is 0 Å². The van der Waals surface area contributed by atoms with E-state index in [4.69, 9.17) is 4.74 Å². The van der Waals surface area contributed by atoms with Crippen LogP contribution in [-0.2, 0) is 6.54 Å². The van der Waals surface area contributed by atoms with E-state index in [0.29, 0.717) is 12.3 Å². The molecule has 2 N–H and O–H groups in total. The zero-order chi connectivity index (χ0) is 13.7. The van der Waals surface area contributed by atoms with Crippen molar-refractivity contribution in [3.05, 3.63) is 29.6 Å². The maximum atomic E-state index is 13.5. The predicted octanol–water partition coefficient (Wildman–Crippen LogP) is 2.62. The molecule has 4 heteroatoms. The lowest BCUT2D eigenvalue weighted by Gasteiger charge is -2.22. The van der Waals surface area contributed by atoms with Crippen LogP contribution < -0.4 is 10.1 Å². The average molecular weight is 267 g/mol. The minimum Gasteiger partial charge on any atom is -0.490 e. The van der Waals surface area contributed by atoms with Gasteiger partial charge in [0.2, 0.25) is 0 Å². The van der Waals surface area contributed by atoms with Gasteiger partial charge in [-0.1, -0.05) is 19.8 Å². The molecule has 0 unspecified atom stereocenters. The maximum absolute atomic E-state index is 13.5. The molecule has 3 nitrogen and oxygen atoms in total. The van der Waals surface area contributed by atoms with Crippen molar-refractivity contribution in [3.63, 3.8) is 0 Å². The largest absolute Gasteiger partial charge is 0.490 e. The Kier molecular flexibility index (Phi) is 4.77. The molecule has 0 radical (unpaired) electrons. The van der Waals surface area contributed by atoms with Gasteiger partial charge in [-0.3, -0.25) is 0 Å². The van der Waals surface area contributed by atoms with Gasteiger partial charge in [0.25, 0.3) is 0 Å². The van der Waals surface area contributed by atoms with Gasteiger partial charge in [-0.15, -0.1) is 0 Å². The highest BCUT2D eigenvalue weighted by molar-refractivity contribution is 5.29. The lowest BCUT2D eigenvalue weighted by molar-refractivity contribution is 0.00129. The Morgan fingerprint density at radius 3 is 2.74 bits per heavy atom. The van der Waals surface area contributed by atoms with Gasteiger partial charge in [0.15, 0.2) is 0 Å². The third-order valence-corrected chi connectivity index (χ3v) is 3.55. The smallest absolute Gasteiger partial charge is 0.127 e. The van der Waals surface area contributed by atoms with Gasteiger partial charge in [-0.25, -0.2) is 4.39 Å². The molecule has 1 aliphatic rings. The molecule has 1 aromatic carbocycles. The molecular weight excluding hydrogens is 245 g/mol. The summed E-state index contributed by atoms with van der Waals surface area (Å²) in [4.78, 5) is 0. The van der Waals surface area contributed by atoms with E-state index in [2.05, 4.69) is 5.32 Å². The number of halogens is 1. The van der Waals surface area contributed by atoms with Crippen molar-refractivity contribution in [1.29, 1.82) is 0 Å². The molecule has 1 fully saturated rings. The van der Waals surface area contributed by atoms with Gasteiger partial charge in [0, 0.05) is 12.6 Å². The van der Waals surface area contributed by atoms with Crippen molar-refractivity contribution in [2.75, 3.05) is 13.2 Å². The minimum atomic E-state index is -0.728. The van der Waals surface area contributed by atoms with E-state index < -0.39 is 5.60 Å². The molecule has 106 valence electrons. The molecule has 0 aliphatic heterocycles. The number of ether oxygens (including phenoxy) is 1. The first-order valence-electron chi connectivity index (χ1n) is 6.97. The summed E-state index contributed by atoms with van der Waals surface area (Å²) in [6.45, 7) is 3.71. The van der Waals surface area contributed by atoms with E-state index >= 15 is 0 Å². The van der Waals surface area contributed by atoms with Crippen molar-refractivity contribution in [1.82, 2.24) is 5.32 Å². The molecule has 0 aromatic heterocycles. The van der Waals surface area contributed by atoms with Crippen LogP contribution >= 0.6 is 0 Å². The third kappa shape index (κ3) is 4.18. The summed E-state index contributed by atoms with van der Waals surface area (Å²) in [5.41, 5.74) is 0.129. The molecule has 1 saturated carbocycles. The van der Waals surface area contributed by atoms with Crippen LogP contribution in [0.5, 0.6) is 5.75 Å². The molecule has 0 bridgehead atoms. The lowest BCUT2D eigenvalue weighted by Crippen LogP contribution is -2.32. The van der Waals surface area contributed by atoms with Crippen LogP contribution in [0.2, 0.25) is 0 Å². The first kappa shape index (κ1) is 14.3. The number of nitrogens with one attached hydrogen (secondary N) is 1. The second kappa shape index (κ2) is 6.35. The van der Waals surface area contributed by atoms with E-state index in [1.807, 2.05) is 13.0 Å². The van der Waals surface area contributed by atoms with Crippen molar-refractivity contribution in [2.24, 2.45) is 0 Å². The summed E-state index contributed by atoms with van der Waals surface area (Å²) in [5, 5.41) is 13.4. The highest BCUT2D eigenvalue weighted by Gasteiger charge is 2.31. The second-order valence-corrected chi connectivity index (χ2v) is 5.30. The summed E-state index contributed by atoms with van der Waals surface area (Å²) >= 11 is 0. The van der Waals surface area contributed by atoms with Crippen LogP contribution in [0.1, 0.15) is 38.2 Å². The fourth-order valence-corrected chi connectivity index (χ4v) is 2.47. The first-order chi connectivity index (χ1) is 9.11. The van der Waals surface area contributed by atoms with Crippen LogP contribution in [0, 0.1) is 5.82 Å². The number of hydrogen-bond acceptors (Lipinski definition) is 3. The Balaban J connectivity index is 1.97. The molecule has 2 rings (SSSR count). The fraction of sp³-hybridized carbons (Fsp3) is 0.600. The normalized spacial score (nSPS) is 17.6. The van der Waals surface area contributed by atoms with Crippen molar-refractivity contribution in [3.8, 4) is 5.75 Å². The predicted molar refractivity (Wildman–Crippen MR) is 72.7 cm³/mol. The summed E-state index contributed by atoms with van der Waals surface area (Å²) < 4.78 is 19.1. The van der Waals surface area contributed by atoms with Gasteiger partial charge in [-0.05, 0) is 37.1 Å². The number of rotatable bonds is 6. The van der Waals surface area contributed by atoms with Crippen LogP contribution in [0.25, 0.3) is 0 Å². The highest BCUT2D eigenvalue weighted by Crippen LogP contribution is 2.30. The third-order valence-electron chi connectivity index (χ3n) is 3.55. The lowest BCUT2D eigenvalue weighted by atomic mass is 10.0. The highest BCUT2D eigenvalue weighted by atomic mass is 19.1. The molecule has 1 aromatic rings. The maximum Gasteiger partial charge on any atom is 0.127 e.